The molecule has 4 nitrogen and oxygen atoms in total. The second kappa shape index (κ2) is 6.29. The van der Waals surface area contributed by atoms with Gasteiger partial charge in [-0.3, -0.25) is 9.59 Å². The number of hydrogen-bond donors (Lipinski definition) is 0. The predicted molar refractivity (Wildman–Crippen MR) is 80.0 cm³/mol. The average Bonchev–Trinajstić information content (AvgIpc) is 2.97. The Balaban J connectivity index is 1.54. The zero-order valence-corrected chi connectivity index (χ0v) is 12.2. The molecule has 1 aromatic rings. The van der Waals surface area contributed by atoms with Crippen LogP contribution in [-0.4, -0.2) is 25.0 Å². The molecule has 112 valence electrons. The Morgan fingerprint density at radius 1 is 1.14 bits per heavy atom. The summed E-state index contributed by atoms with van der Waals surface area (Å²) in [5, 5.41) is 0. The molecule has 4 heteroatoms. The van der Waals surface area contributed by atoms with Crippen LogP contribution >= 0.6 is 0 Å². The van der Waals surface area contributed by atoms with Crippen molar-refractivity contribution in [2.45, 2.75) is 38.5 Å². The smallest absolute Gasteiger partial charge is 0.309 e. The predicted octanol–water partition coefficient (Wildman–Crippen LogP) is 2.70. The topological polar surface area (TPSA) is 46.6 Å². The first kappa shape index (κ1) is 14.1. The van der Waals surface area contributed by atoms with Gasteiger partial charge >= 0.3 is 5.97 Å². The molecular formula is C17H21NO3. The number of para-hydroxylation sites is 1. The summed E-state index contributed by atoms with van der Waals surface area (Å²) in [7, 11) is 0. The van der Waals surface area contributed by atoms with Crippen LogP contribution in [0.5, 0.6) is 0 Å². The van der Waals surface area contributed by atoms with Gasteiger partial charge in [0.05, 0.1) is 5.92 Å². The standard InChI is InChI=1S/C17H21NO3/c19-16(12-21-17(20)14-7-2-1-3-8-14)18-11-10-13-6-4-5-9-15(13)18/h4-6,9,14H,1-3,7-8,10-12H2. The van der Waals surface area contributed by atoms with Crippen molar-refractivity contribution in [2.24, 2.45) is 5.92 Å². The number of hydrogen-bond acceptors (Lipinski definition) is 3. The van der Waals surface area contributed by atoms with Gasteiger partial charge in [0.15, 0.2) is 6.61 Å². The highest BCUT2D eigenvalue weighted by Gasteiger charge is 2.27. The number of esters is 1. The number of carbonyl (C=O) groups is 2. The highest BCUT2D eigenvalue weighted by Crippen LogP contribution is 2.28. The van der Waals surface area contributed by atoms with Gasteiger partial charge in [-0.05, 0) is 30.9 Å². The molecule has 0 N–H and O–H groups in total. The zero-order valence-electron chi connectivity index (χ0n) is 12.2. The van der Waals surface area contributed by atoms with Gasteiger partial charge in [0.2, 0.25) is 0 Å². The Morgan fingerprint density at radius 3 is 2.71 bits per heavy atom. The van der Waals surface area contributed by atoms with Gasteiger partial charge in [0.1, 0.15) is 0 Å². The summed E-state index contributed by atoms with van der Waals surface area (Å²) in [5.41, 5.74) is 2.14. The van der Waals surface area contributed by atoms with E-state index in [-0.39, 0.29) is 24.4 Å². The van der Waals surface area contributed by atoms with Crippen molar-refractivity contribution in [3.05, 3.63) is 29.8 Å². The molecule has 0 unspecified atom stereocenters. The molecule has 1 aliphatic carbocycles. The molecule has 1 heterocycles. The molecule has 21 heavy (non-hydrogen) atoms. The van der Waals surface area contributed by atoms with Crippen molar-refractivity contribution in [3.8, 4) is 0 Å². The molecule has 3 rings (SSSR count). The molecule has 0 atom stereocenters. The van der Waals surface area contributed by atoms with Gasteiger partial charge in [-0.1, -0.05) is 37.5 Å². The largest absolute Gasteiger partial charge is 0.455 e. The number of fused-ring (bicyclic) bond motifs is 1. The van der Waals surface area contributed by atoms with Crippen LogP contribution in [0.1, 0.15) is 37.7 Å². The number of nitrogens with zero attached hydrogens (tertiary/aromatic N) is 1. The van der Waals surface area contributed by atoms with Crippen molar-refractivity contribution in [1.82, 2.24) is 0 Å². The first-order valence-corrected chi connectivity index (χ1v) is 7.80. The molecule has 1 aliphatic heterocycles. The summed E-state index contributed by atoms with van der Waals surface area (Å²) in [6.07, 6.45) is 6.06. The van der Waals surface area contributed by atoms with E-state index in [0.29, 0.717) is 6.54 Å². The summed E-state index contributed by atoms with van der Waals surface area (Å²) in [6, 6.07) is 7.90. The first-order chi connectivity index (χ1) is 10.3. The van der Waals surface area contributed by atoms with Crippen LogP contribution in [0.15, 0.2) is 24.3 Å². The third-order valence-electron chi connectivity index (χ3n) is 4.46. The maximum Gasteiger partial charge on any atom is 0.309 e. The molecular weight excluding hydrogens is 266 g/mol. The first-order valence-electron chi connectivity index (χ1n) is 7.80. The van der Waals surface area contributed by atoms with Crippen LogP contribution in [0.2, 0.25) is 0 Å². The van der Waals surface area contributed by atoms with E-state index >= 15 is 0 Å². The number of rotatable bonds is 3. The van der Waals surface area contributed by atoms with Crippen LogP contribution in [-0.2, 0) is 20.7 Å². The molecule has 1 saturated carbocycles. The van der Waals surface area contributed by atoms with Crippen LogP contribution < -0.4 is 4.90 Å². The lowest BCUT2D eigenvalue weighted by Crippen LogP contribution is -2.34. The van der Waals surface area contributed by atoms with Gasteiger partial charge < -0.3 is 9.64 Å². The minimum atomic E-state index is -0.199. The van der Waals surface area contributed by atoms with E-state index in [1.807, 2.05) is 24.3 Å². The maximum absolute atomic E-state index is 12.2. The van der Waals surface area contributed by atoms with Crippen molar-refractivity contribution in [3.63, 3.8) is 0 Å². The van der Waals surface area contributed by atoms with Crippen LogP contribution in [0, 0.1) is 5.92 Å². The molecule has 2 aliphatic rings. The zero-order chi connectivity index (χ0) is 14.7. The lowest BCUT2D eigenvalue weighted by atomic mass is 9.89. The van der Waals surface area contributed by atoms with Crippen molar-refractivity contribution in [2.75, 3.05) is 18.1 Å². The van der Waals surface area contributed by atoms with E-state index in [9.17, 15) is 9.59 Å². The third kappa shape index (κ3) is 3.09. The van der Waals surface area contributed by atoms with Crippen LogP contribution in [0.4, 0.5) is 5.69 Å². The van der Waals surface area contributed by atoms with E-state index in [1.54, 1.807) is 4.90 Å². The van der Waals surface area contributed by atoms with Crippen LogP contribution in [0.3, 0.4) is 0 Å². The highest BCUT2D eigenvalue weighted by atomic mass is 16.5. The Hall–Kier alpha value is -1.84. The molecule has 0 spiro atoms. The number of ether oxygens (including phenoxy) is 1. The maximum atomic E-state index is 12.2. The quantitative estimate of drug-likeness (QED) is 0.803. The third-order valence-corrected chi connectivity index (χ3v) is 4.46. The molecule has 0 radical (unpaired) electrons. The van der Waals surface area contributed by atoms with Crippen molar-refractivity contribution < 1.29 is 14.3 Å². The Kier molecular flexibility index (Phi) is 4.23. The van der Waals surface area contributed by atoms with Gasteiger partial charge in [-0.2, -0.15) is 0 Å². The van der Waals surface area contributed by atoms with E-state index in [2.05, 4.69) is 0 Å². The second-order valence-corrected chi connectivity index (χ2v) is 5.87. The second-order valence-electron chi connectivity index (χ2n) is 5.87. The Labute approximate surface area is 125 Å². The molecule has 0 aromatic heterocycles. The molecule has 1 amide bonds. The van der Waals surface area contributed by atoms with Crippen molar-refractivity contribution in [1.29, 1.82) is 0 Å². The lowest BCUT2D eigenvalue weighted by Gasteiger charge is -2.21. The van der Waals surface area contributed by atoms with E-state index < -0.39 is 0 Å². The highest BCUT2D eigenvalue weighted by molar-refractivity contribution is 5.97. The Morgan fingerprint density at radius 2 is 1.90 bits per heavy atom. The molecule has 1 aromatic carbocycles. The minimum absolute atomic E-state index is 0.00239. The Bertz CT molecular complexity index is 535. The van der Waals surface area contributed by atoms with E-state index in [4.69, 9.17) is 4.74 Å². The number of anilines is 1. The average molecular weight is 287 g/mol. The van der Waals surface area contributed by atoms with E-state index in [0.717, 1.165) is 37.8 Å². The minimum Gasteiger partial charge on any atom is -0.455 e. The summed E-state index contributed by atoms with van der Waals surface area (Å²) in [4.78, 5) is 25.9. The lowest BCUT2D eigenvalue weighted by molar-refractivity contribution is -0.153. The summed E-state index contributed by atoms with van der Waals surface area (Å²) >= 11 is 0. The van der Waals surface area contributed by atoms with Crippen LogP contribution in [0.25, 0.3) is 0 Å². The van der Waals surface area contributed by atoms with Gasteiger partial charge in [0.25, 0.3) is 5.91 Å². The van der Waals surface area contributed by atoms with Gasteiger partial charge in [-0.15, -0.1) is 0 Å². The van der Waals surface area contributed by atoms with E-state index in [1.165, 1.54) is 12.0 Å². The number of benzene rings is 1. The summed E-state index contributed by atoms with van der Waals surface area (Å²) < 4.78 is 5.24. The number of carbonyl (C=O) groups excluding carboxylic acids is 2. The normalized spacial score (nSPS) is 18.4. The van der Waals surface area contributed by atoms with Gasteiger partial charge in [0, 0.05) is 12.2 Å². The SMILES string of the molecule is O=C(OCC(=O)N1CCc2ccccc21)C1CCCCC1. The molecule has 1 fully saturated rings. The molecule has 0 saturated heterocycles. The fourth-order valence-electron chi connectivity index (χ4n) is 3.26. The van der Waals surface area contributed by atoms with Crippen molar-refractivity contribution >= 4 is 17.6 Å². The summed E-state index contributed by atoms with van der Waals surface area (Å²) in [5.74, 6) is -0.322. The summed E-state index contributed by atoms with van der Waals surface area (Å²) in [6.45, 7) is 0.544. The fourth-order valence-corrected chi connectivity index (χ4v) is 3.26. The monoisotopic (exact) mass is 287 g/mol. The fraction of sp³-hybridized carbons (Fsp3) is 0.529. The number of amides is 1. The van der Waals surface area contributed by atoms with Gasteiger partial charge in [-0.25, -0.2) is 0 Å². The molecule has 0 bridgehead atoms.